The van der Waals surface area contributed by atoms with Crippen molar-refractivity contribution in [3.63, 3.8) is 0 Å². The van der Waals surface area contributed by atoms with Gasteiger partial charge in [0.25, 0.3) is 0 Å². The zero-order valence-electron chi connectivity index (χ0n) is 9.00. The maximum absolute atomic E-state index is 13.7. The van der Waals surface area contributed by atoms with Gasteiger partial charge in [-0.1, -0.05) is 0 Å². The van der Waals surface area contributed by atoms with Crippen LogP contribution in [-0.2, 0) is 0 Å². The van der Waals surface area contributed by atoms with E-state index in [1.54, 1.807) is 0 Å². The molecule has 2 aromatic rings. The molecule has 0 N–H and O–H groups in total. The summed E-state index contributed by atoms with van der Waals surface area (Å²) < 4.78 is 41.0. The first kappa shape index (κ1) is 11.5. The first-order chi connectivity index (χ1) is 8.59. The Hall–Kier alpha value is -1.56. The summed E-state index contributed by atoms with van der Waals surface area (Å²) in [6, 6.07) is 1.97. The summed E-state index contributed by atoms with van der Waals surface area (Å²) in [6.45, 7) is 0. The summed E-state index contributed by atoms with van der Waals surface area (Å²) in [6.07, 6.45) is 1.81. The Balaban J connectivity index is 2.21. The Morgan fingerprint density at radius 2 is 1.83 bits per heavy atom. The Kier molecular flexibility index (Phi) is 2.55. The summed E-state index contributed by atoms with van der Waals surface area (Å²) in [4.78, 5) is 0. The first-order valence-corrected chi connectivity index (χ1v) is 5.72. The summed E-state index contributed by atoms with van der Waals surface area (Å²) in [5.74, 6) is -3.44. The largest absolute Gasteiger partial charge is 0.266 e. The molecule has 1 aromatic heterocycles. The predicted molar refractivity (Wildman–Crippen MR) is 58.2 cm³/mol. The van der Waals surface area contributed by atoms with Crippen molar-refractivity contribution in [1.29, 1.82) is 0 Å². The number of halogens is 4. The van der Waals surface area contributed by atoms with E-state index >= 15 is 0 Å². The molecule has 0 saturated heterocycles. The van der Waals surface area contributed by atoms with E-state index in [4.69, 9.17) is 11.6 Å². The zero-order chi connectivity index (χ0) is 12.9. The quantitative estimate of drug-likeness (QED) is 0.787. The second-order valence-corrected chi connectivity index (χ2v) is 4.47. The van der Waals surface area contributed by atoms with Gasteiger partial charge in [-0.05, 0) is 36.6 Å². The minimum atomic E-state index is -1.53. The second-order valence-electron chi connectivity index (χ2n) is 4.13. The van der Waals surface area contributed by atoms with Crippen molar-refractivity contribution >= 4 is 11.6 Å². The number of benzene rings is 1. The van der Waals surface area contributed by atoms with E-state index in [9.17, 15) is 13.2 Å². The number of hydrogen-bond acceptors (Lipinski definition) is 2. The summed E-state index contributed by atoms with van der Waals surface area (Å²) in [7, 11) is 0. The van der Waals surface area contributed by atoms with E-state index in [2.05, 4.69) is 10.2 Å². The van der Waals surface area contributed by atoms with Crippen LogP contribution in [0.25, 0.3) is 5.69 Å². The van der Waals surface area contributed by atoms with Gasteiger partial charge in [-0.15, -0.1) is 10.2 Å². The van der Waals surface area contributed by atoms with Crippen molar-refractivity contribution in [1.82, 2.24) is 14.8 Å². The van der Waals surface area contributed by atoms with Gasteiger partial charge in [0, 0.05) is 5.92 Å². The van der Waals surface area contributed by atoms with E-state index in [1.165, 1.54) is 4.57 Å². The molecule has 0 amide bonds. The van der Waals surface area contributed by atoms with Gasteiger partial charge in [0.15, 0.2) is 17.5 Å². The van der Waals surface area contributed by atoms with E-state index in [-0.39, 0.29) is 16.9 Å². The van der Waals surface area contributed by atoms with Crippen LogP contribution in [0.4, 0.5) is 13.2 Å². The molecular weight excluding hydrogens is 267 g/mol. The molecule has 1 saturated carbocycles. The van der Waals surface area contributed by atoms with E-state index < -0.39 is 17.5 Å². The molecule has 0 atom stereocenters. The van der Waals surface area contributed by atoms with Gasteiger partial charge in [-0.2, -0.15) is 0 Å². The summed E-state index contributed by atoms with van der Waals surface area (Å²) in [5, 5.41) is 7.42. The van der Waals surface area contributed by atoms with Crippen molar-refractivity contribution in [3.8, 4) is 5.69 Å². The third-order valence-corrected chi connectivity index (χ3v) is 3.09. The van der Waals surface area contributed by atoms with Gasteiger partial charge in [0.05, 0.1) is 5.69 Å². The van der Waals surface area contributed by atoms with Crippen LogP contribution in [0.1, 0.15) is 24.6 Å². The van der Waals surface area contributed by atoms with Crippen LogP contribution in [0.5, 0.6) is 0 Å². The van der Waals surface area contributed by atoms with Crippen LogP contribution in [-0.4, -0.2) is 14.8 Å². The lowest BCUT2D eigenvalue weighted by Crippen LogP contribution is -2.05. The minimum absolute atomic E-state index is 0.0678. The number of nitrogens with zero attached hydrogens (tertiary/aromatic N) is 3. The van der Waals surface area contributed by atoms with Crippen molar-refractivity contribution in [2.24, 2.45) is 0 Å². The average Bonchev–Trinajstić information content (AvgIpc) is 3.12. The fraction of sp³-hybridized carbons (Fsp3) is 0.273. The fourth-order valence-electron chi connectivity index (χ4n) is 1.79. The Morgan fingerprint density at radius 1 is 1.11 bits per heavy atom. The van der Waals surface area contributed by atoms with Crippen LogP contribution in [0.3, 0.4) is 0 Å². The van der Waals surface area contributed by atoms with Crippen molar-refractivity contribution in [2.45, 2.75) is 18.8 Å². The molecule has 0 bridgehead atoms. The topological polar surface area (TPSA) is 30.7 Å². The van der Waals surface area contributed by atoms with Gasteiger partial charge in [-0.25, -0.2) is 13.2 Å². The van der Waals surface area contributed by atoms with Gasteiger partial charge >= 0.3 is 0 Å². The molecule has 1 aliphatic carbocycles. The van der Waals surface area contributed by atoms with Crippen LogP contribution < -0.4 is 0 Å². The van der Waals surface area contributed by atoms with Crippen molar-refractivity contribution in [3.05, 3.63) is 40.7 Å². The van der Waals surface area contributed by atoms with E-state index in [1.807, 2.05) is 0 Å². The molecule has 18 heavy (non-hydrogen) atoms. The molecule has 0 aliphatic heterocycles. The van der Waals surface area contributed by atoms with Gasteiger partial charge in [0.1, 0.15) is 5.82 Å². The molecule has 94 valence electrons. The molecular formula is C11H7ClF3N3. The highest BCUT2D eigenvalue weighted by atomic mass is 35.5. The summed E-state index contributed by atoms with van der Waals surface area (Å²) >= 11 is 5.82. The van der Waals surface area contributed by atoms with E-state index in [0.717, 1.165) is 25.0 Å². The molecule has 0 unspecified atom stereocenters. The Bertz CT molecular complexity index is 622. The monoisotopic (exact) mass is 273 g/mol. The summed E-state index contributed by atoms with van der Waals surface area (Å²) in [5.41, 5.74) is -0.175. The standard InChI is InChI=1S/C11H7ClF3N3/c12-11-17-16-10(5-1-2-5)18(11)7-4-3-6(13)8(14)9(7)15/h3-5H,1-2H2. The lowest BCUT2D eigenvalue weighted by Gasteiger charge is -2.09. The van der Waals surface area contributed by atoms with Gasteiger partial charge in [-0.3, -0.25) is 4.57 Å². The van der Waals surface area contributed by atoms with E-state index in [0.29, 0.717) is 5.82 Å². The molecule has 1 aromatic carbocycles. The molecule has 1 aliphatic rings. The van der Waals surface area contributed by atoms with Gasteiger partial charge in [0.2, 0.25) is 5.28 Å². The van der Waals surface area contributed by atoms with Crippen molar-refractivity contribution in [2.75, 3.05) is 0 Å². The maximum Gasteiger partial charge on any atom is 0.229 e. The third-order valence-electron chi connectivity index (χ3n) is 2.85. The predicted octanol–water partition coefficient (Wildman–Crippen LogP) is 3.22. The highest BCUT2D eigenvalue weighted by Gasteiger charge is 2.31. The van der Waals surface area contributed by atoms with Crippen LogP contribution in [0, 0.1) is 17.5 Å². The van der Waals surface area contributed by atoms with Crippen LogP contribution in [0.2, 0.25) is 5.28 Å². The molecule has 7 heteroatoms. The second kappa shape index (κ2) is 3.98. The molecule has 3 rings (SSSR count). The molecule has 0 spiro atoms. The van der Waals surface area contributed by atoms with Crippen LogP contribution in [0.15, 0.2) is 12.1 Å². The highest BCUT2D eigenvalue weighted by Crippen LogP contribution is 2.41. The van der Waals surface area contributed by atoms with Gasteiger partial charge < -0.3 is 0 Å². The molecule has 3 nitrogen and oxygen atoms in total. The van der Waals surface area contributed by atoms with Crippen molar-refractivity contribution < 1.29 is 13.2 Å². The number of aromatic nitrogens is 3. The fourth-order valence-corrected chi connectivity index (χ4v) is 2.01. The number of hydrogen-bond donors (Lipinski definition) is 0. The lowest BCUT2D eigenvalue weighted by molar-refractivity contribution is 0.444. The lowest BCUT2D eigenvalue weighted by atomic mass is 10.2. The Morgan fingerprint density at radius 3 is 2.50 bits per heavy atom. The smallest absolute Gasteiger partial charge is 0.229 e. The SMILES string of the molecule is Fc1ccc(-n2c(Cl)nnc2C2CC2)c(F)c1F. The highest BCUT2D eigenvalue weighted by molar-refractivity contribution is 6.28. The molecule has 0 radical (unpaired) electrons. The molecule has 1 fully saturated rings. The maximum atomic E-state index is 13.7. The van der Waals surface area contributed by atoms with Crippen LogP contribution >= 0.6 is 11.6 Å². The normalized spacial score (nSPS) is 15.1. The molecule has 1 heterocycles. The first-order valence-electron chi connectivity index (χ1n) is 5.34. The zero-order valence-corrected chi connectivity index (χ0v) is 9.76. The Labute approximate surface area is 105 Å². The number of rotatable bonds is 2. The third kappa shape index (κ3) is 1.68. The average molecular weight is 274 g/mol. The minimum Gasteiger partial charge on any atom is -0.266 e.